The second kappa shape index (κ2) is 8.92. The van der Waals surface area contributed by atoms with Crippen LogP contribution in [0.15, 0.2) is 18.2 Å². The van der Waals surface area contributed by atoms with Crippen LogP contribution < -0.4 is 14.8 Å². The summed E-state index contributed by atoms with van der Waals surface area (Å²) in [6, 6.07) is 6.18. The first-order valence-electron chi connectivity index (χ1n) is 8.72. The number of nitrogens with zero attached hydrogens (tertiary/aromatic N) is 1. The van der Waals surface area contributed by atoms with Crippen molar-refractivity contribution in [2.45, 2.75) is 45.2 Å². The van der Waals surface area contributed by atoms with Crippen molar-refractivity contribution in [1.82, 2.24) is 10.2 Å². The fraction of sp³-hybridized carbons (Fsp3) is 0.632. The molecule has 1 N–H and O–H groups in total. The maximum Gasteiger partial charge on any atom is 0.234 e. The molecule has 1 aromatic carbocycles. The largest absolute Gasteiger partial charge is 0.493 e. The Morgan fingerprint density at radius 1 is 1.21 bits per heavy atom. The van der Waals surface area contributed by atoms with Crippen LogP contribution in [0, 0.1) is 5.92 Å². The van der Waals surface area contributed by atoms with Gasteiger partial charge >= 0.3 is 0 Å². The van der Waals surface area contributed by atoms with Crippen molar-refractivity contribution in [3.05, 3.63) is 23.8 Å². The van der Waals surface area contributed by atoms with E-state index in [-0.39, 0.29) is 5.91 Å². The number of amides is 1. The molecule has 1 aromatic rings. The van der Waals surface area contributed by atoms with E-state index in [2.05, 4.69) is 12.2 Å². The summed E-state index contributed by atoms with van der Waals surface area (Å²) in [5.74, 6) is 2.12. The van der Waals surface area contributed by atoms with Crippen molar-refractivity contribution in [1.29, 1.82) is 0 Å². The molecule has 1 saturated carbocycles. The summed E-state index contributed by atoms with van der Waals surface area (Å²) in [5, 5.41) is 3.20. The van der Waals surface area contributed by atoms with Gasteiger partial charge in [-0.1, -0.05) is 25.8 Å². The molecular weight excluding hydrogens is 304 g/mol. The van der Waals surface area contributed by atoms with Gasteiger partial charge < -0.3 is 14.8 Å². The molecule has 24 heavy (non-hydrogen) atoms. The van der Waals surface area contributed by atoms with Crippen LogP contribution in [-0.2, 0) is 11.3 Å². The topological polar surface area (TPSA) is 50.8 Å². The molecule has 2 atom stereocenters. The van der Waals surface area contributed by atoms with E-state index in [0.29, 0.717) is 36.5 Å². The lowest BCUT2D eigenvalue weighted by molar-refractivity contribution is -0.123. The second-order valence-electron chi connectivity index (χ2n) is 6.80. The van der Waals surface area contributed by atoms with E-state index >= 15 is 0 Å². The molecule has 1 fully saturated rings. The molecule has 0 aliphatic heterocycles. The minimum absolute atomic E-state index is 0.108. The van der Waals surface area contributed by atoms with Crippen LogP contribution in [0.4, 0.5) is 0 Å². The molecule has 134 valence electrons. The summed E-state index contributed by atoms with van der Waals surface area (Å²) in [6.45, 7) is 3.32. The van der Waals surface area contributed by atoms with Gasteiger partial charge in [0.25, 0.3) is 0 Å². The molecule has 1 aliphatic rings. The zero-order valence-electron chi connectivity index (χ0n) is 15.3. The van der Waals surface area contributed by atoms with Crippen molar-refractivity contribution in [2.24, 2.45) is 5.92 Å². The fourth-order valence-electron chi connectivity index (χ4n) is 3.37. The molecule has 0 spiro atoms. The average molecular weight is 334 g/mol. The predicted molar refractivity (Wildman–Crippen MR) is 95.4 cm³/mol. The Hall–Kier alpha value is -1.75. The summed E-state index contributed by atoms with van der Waals surface area (Å²) >= 11 is 0. The van der Waals surface area contributed by atoms with Crippen LogP contribution >= 0.6 is 0 Å². The lowest BCUT2D eigenvalue weighted by atomic mass is 9.86. The Kier molecular flexibility index (Phi) is 6.91. The number of hydrogen-bond donors (Lipinski definition) is 1. The number of nitrogens with one attached hydrogen (secondary N) is 1. The smallest absolute Gasteiger partial charge is 0.234 e. The van der Waals surface area contributed by atoms with Gasteiger partial charge in [-0.05, 0) is 43.5 Å². The van der Waals surface area contributed by atoms with Crippen LogP contribution in [0.2, 0.25) is 0 Å². The van der Waals surface area contributed by atoms with Crippen LogP contribution in [0.1, 0.15) is 38.2 Å². The molecule has 5 nitrogen and oxygen atoms in total. The third-order valence-electron chi connectivity index (χ3n) is 4.77. The van der Waals surface area contributed by atoms with Gasteiger partial charge in [-0.2, -0.15) is 0 Å². The van der Waals surface area contributed by atoms with E-state index in [4.69, 9.17) is 9.47 Å². The summed E-state index contributed by atoms with van der Waals surface area (Å²) in [5.41, 5.74) is 1.09. The molecule has 1 amide bonds. The normalized spacial score (nSPS) is 20.7. The molecule has 5 heteroatoms. The molecule has 0 radical (unpaired) electrons. The molecular formula is C19H30N2O3. The summed E-state index contributed by atoms with van der Waals surface area (Å²) in [7, 11) is 5.21. The Morgan fingerprint density at radius 2 is 1.92 bits per heavy atom. The lowest BCUT2D eigenvalue weighted by Crippen LogP contribution is -2.44. The average Bonchev–Trinajstić information content (AvgIpc) is 2.56. The maximum absolute atomic E-state index is 12.3. The predicted octanol–water partition coefficient (Wildman–Crippen LogP) is 2.83. The standard InChI is InChI=1S/C19H30N2O3/c1-14-7-5-6-8-16(14)20-19(22)13-21(2)12-15-9-10-17(23-3)18(11-15)24-4/h9-11,14,16H,5-8,12-13H2,1-4H3,(H,20,22)/t14-,16-/m0/s1. The molecule has 0 saturated heterocycles. The number of likely N-dealkylation sites (N-methyl/N-ethyl adjacent to an activating group) is 1. The van der Waals surface area contributed by atoms with Crippen molar-refractivity contribution in [2.75, 3.05) is 27.8 Å². The molecule has 0 bridgehead atoms. The number of carbonyl (C=O) groups is 1. The van der Waals surface area contributed by atoms with Crippen LogP contribution in [0.5, 0.6) is 11.5 Å². The highest BCUT2D eigenvalue weighted by Gasteiger charge is 2.23. The van der Waals surface area contributed by atoms with Gasteiger partial charge in [0.05, 0.1) is 20.8 Å². The summed E-state index contributed by atoms with van der Waals surface area (Å²) < 4.78 is 10.6. The summed E-state index contributed by atoms with van der Waals surface area (Å²) in [4.78, 5) is 14.3. The van der Waals surface area contributed by atoms with E-state index in [1.807, 2.05) is 30.1 Å². The monoisotopic (exact) mass is 334 g/mol. The molecule has 0 unspecified atom stereocenters. The number of carbonyl (C=O) groups excluding carboxylic acids is 1. The number of rotatable bonds is 7. The first kappa shape index (κ1) is 18.6. The Morgan fingerprint density at radius 3 is 2.58 bits per heavy atom. The maximum atomic E-state index is 12.3. The minimum Gasteiger partial charge on any atom is -0.493 e. The van der Waals surface area contributed by atoms with E-state index < -0.39 is 0 Å². The number of hydrogen-bond acceptors (Lipinski definition) is 4. The first-order valence-corrected chi connectivity index (χ1v) is 8.72. The number of benzene rings is 1. The number of methoxy groups -OCH3 is 2. The first-order chi connectivity index (χ1) is 11.5. The lowest BCUT2D eigenvalue weighted by Gasteiger charge is -2.30. The van der Waals surface area contributed by atoms with E-state index in [1.165, 1.54) is 19.3 Å². The number of ether oxygens (including phenoxy) is 2. The van der Waals surface area contributed by atoms with Crippen LogP contribution in [0.3, 0.4) is 0 Å². The highest BCUT2D eigenvalue weighted by molar-refractivity contribution is 5.78. The van der Waals surface area contributed by atoms with E-state index in [0.717, 1.165) is 12.0 Å². The summed E-state index contributed by atoms with van der Waals surface area (Å²) in [6.07, 6.45) is 4.82. The van der Waals surface area contributed by atoms with Gasteiger partial charge in [-0.25, -0.2) is 0 Å². The molecule has 1 aliphatic carbocycles. The van der Waals surface area contributed by atoms with Crippen molar-refractivity contribution in [3.8, 4) is 11.5 Å². The van der Waals surface area contributed by atoms with Crippen LogP contribution in [-0.4, -0.2) is 44.7 Å². The van der Waals surface area contributed by atoms with Gasteiger partial charge in [-0.3, -0.25) is 9.69 Å². The fourth-order valence-corrected chi connectivity index (χ4v) is 3.37. The van der Waals surface area contributed by atoms with E-state index in [1.54, 1.807) is 14.2 Å². The van der Waals surface area contributed by atoms with Gasteiger partial charge in [0.2, 0.25) is 5.91 Å². The third-order valence-corrected chi connectivity index (χ3v) is 4.77. The Balaban J connectivity index is 1.86. The third kappa shape index (κ3) is 5.13. The van der Waals surface area contributed by atoms with Crippen molar-refractivity contribution < 1.29 is 14.3 Å². The van der Waals surface area contributed by atoms with Crippen molar-refractivity contribution in [3.63, 3.8) is 0 Å². The second-order valence-corrected chi connectivity index (χ2v) is 6.80. The van der Waals surface area contributed by atoms with Gasteiger partial charge in [0, 0.05) is 12.6 Å². The molecule has 2 rings (SSSR count). The molecule has 0 aromatic heterocycles. The van der Waals surface area contributed by atoms with Crippen LogP contribution in [0.25, 0.3) is 0 Å². The highest BCUT2D eigenvalue weighted by Crippen LogP contribution is 2.28. The highest BCUT2D eigenvalue weighted by atomic mass is 16.5. The SMILES string of the molecule is COc1ccc(CN(C)CC(=O)N[C@H]2CCCC[C@@H]2C)cc1OC. The van der Waals surface area contributed by atoms with Gasteiger partial charge in [0.15, 0.2) is 11.5 Å². The molecule has 0 heterocycles. The van der Waals surface area contributed by atoms with Gasteiger partial charge in [-0.15, -0.1) is 0 Å². The van der Waals surface area contributed by atoms with E-state index in [9.17, 15) is 4.79 Å². The van der Waals surface area contributed by atoms with Crippen molar-refractivity contribution >= 4 is 5.91 Å². The zero-order chi connectivity index (χ0) is 17.5. The quantitative estimate of drug-likeness (QED) is 0.833. The Bertz CT molecular complexity index is 547. The van der Waals surface area contributed by atoms with Gasteiger partial charge in [0.1, 0.15) is 0 Å². The Labute approximate surface area is 145 Å². The zero-order valence-corrected chi connectivity index (χ0v) is 15.3. The minimum atomic E-state index is 0.108.